The topological polar surface area (TPSA) is 127 Å². The molecule has 2 N–H and O–H groups in total. The standard InChI is InChI=1S/C12H15NO7S2/c1-20-11-3-2-9(6-10(11)12(14)15)22(18,19)13-8-4-5-21(16,17)7-8/h2-3,6,8,13H,4-5,7H2,1H3,(H,14,15)/t8-/m1/s1. The number of nitrogens with one attached hydrogen (secondary N) is 1. The van der Waals surface area contributed by atoms with Gasteiger partial charge in [-0.25, -0.2) is 26.4 Å². The molecule has 1 aromatic rings. The number of sulfonamides is 1. The Labute approximate surface area is 128 Å². The quantitative estimate of drug-likeness (QED) is 0.757. The third-order valence-corrected chi connectivity index (χ3v) is 6.55. The van der Waals surface area contributed by atoms with E-state index in [1.807, 2.05) is 0 Å². The number of methoxy groups -OCH3 is 1. The maximum absolute atomic E-state index is 12.2. The van der Waals surface area contributed by atoms with Gasteiger partial charge in [-0.2, -0.15) is 0 Å². The number of sulfone groups is 1. The van der Waals surface area contributed by atoms with Crippen LogP contribution in [0.15, 0.2) is 23.1 Å². The Morgan fingerprint density at radius 2 is 2.09 bits per heavy atom. The molecule has 1 aliphatic heterocycles. The molecule has 1 saturated heterocycles. The lowest BCUT2D eigenvalue weighted by Crippen LogP contribution is -2.35. The zero-order valence-electron chi connectivity index (χ0n) is 11.6. The van der Waals surface area contributed by atoms with Gasteiger partial charge >= 0.3 is 5.97 Å². The number of ether oxygens (including phenoxy) is 1. The number of hydrogen-bond donors (Lipinski definition) is 2. The van der Waals surface area contributed by atoms with Crippen LogP contribution in [0.3, 0.4) is 0 Å². The maximum atomic E-state index is 12.2. The van der Waals surface area contributed by atoms with Gasteiger partial charge in [0, 0.05) is 6.04 Å². The van der Waals surface area contributed by atoms with E-state index in [4.69, 9.17) is 9.84 Å². The molecule has 0 unspecified atom stereocenters. The van der Waals surface area contributed by atoms with Gasteiger partial charge in [-0.15, -0.1) is 0 Å². The fourth-order valence-electron chi connectivity index (χ4n) is 2.20. The average molecular weight is 349 g/mol. The monoisotopic (exact) mass is 349 g/mol. The zero-order chi connectivity index (χ0) is 16.5. The molecule has 1 atom stereocenters. The van der Waals surface area contributed by atoms with Crippen LogP contribution in [0.25, 0.3) is 0 Å². The molecule has 2 rings (SSSR count). The first-order valence-electron chi connectivity index (χ1n) is 6.29. The van der Waals surface area contributed by atoms with Crippen LogP contribution in [-0.2, 0) is 19.9 Å². The first kappa shape index (κ1) is 16.7. The zero-order valence-corrected chi connectivity index (χ0v) is 13.3. The van der Waals surface area contributed by atoms with Crippen LogP contribution < -0.4 is 9.46 Å². The SMILES string of the molecule is COc1ccc(S(=O)(=O)N[C@@H]2CCS(=O)(=O)C2)cc1C(=O)O. The summed E-state index contributed by atoms with van der Waals surface area (Å²) in [6.07, 6.45) is 0.198. The van der Waals surface area contributed by atoms with E-state index in [0.29, 0.717) is 0 Å². The van der Waals surface area contributed by atoms with E-state index in [9.17, 15) is 21.6 Å². The Morgan fingerprint density at radius 1 is 1.41 bits per heavy atom. The van der Waals surface area contributed by atoms with Gasteiger partial charge in [-0.1, -0.05) is 0 Å². The highest BCUT2D eigenvalue weighted by Crippen LogP contribution is 2.23. The molecule has 0 saturated carbocycles. The van der Waals surface area contributed by atoms with Gasteiger partial charge in [0.15, 0.2) is 9.84 Å². The lowest BCUT2D eigenvalue weighted by atomic mass is 10.2. The summed E-state index contributed by atoms with van der Waals surface area (Å²) in [7, 11) is -5.96. The van der Waals surface area contributed by atoms with E-state index < -0.39 is 31.9 Å². The highest BCUT2D eigenvalue weighted by Gasteiger charge is 2.31. The van der Waals surface area contributed by atoms with E-state index in [1.54, 1.807) is 0 Å². The fraction of sp³-hybridized carbons (Fsp3) is 0.417. The first-order valence-corrected chi connectivity index (χ1v) is 9.59. The minimum Gasteiger partial charge on any atom is -0.496 e. The minimum atomic E-state index is -4.01. The molecule has 0 bridgehead atoms. The van der Waals surface area contributed by atoms with Crippen molar-refractivity contribution in [2.75, 3.05) is 18.6 Å². The molecular weight excluding hydrogens is 334 g/mol. The number of carbonyl (C=O) groups is 1. The molecule has 122 valence electrons. The second kappa shape index (κ2) is 5.86. The predicted molar refractivity (Wildman–Crippen MR) is 77.3 cm³/mol. The normalized spacial score (nSPS) is 20.7. The van der Waals surface area contributed by atoms with Crippen LogP contribution in [0.4, 0.5) is 0 Å². The van der Waals surface area contributed by atoms with Crippen molar-refractivity contribution in [3.8, 4) is 5.75 Å². The molecule has 0 spiro atoms. The highest BCUT2D eigenvalue weighted by atomic mass is 32.2. The van der Waals surface area contributed by atoms with Crippen LogP contribution in [-0.4, -0.2) is 52.6 Å². The summed E-state index contributed by atoms with van der Waals surface area (Å²) in [5.74, 6) is -1.61. The minimum absolute atomic E-state index is 0.0369. The van der Waals surface area contributed by atoms with Crippen LogP contribution in [0.5, 0.6) is 5.75 Å². The van der Waals surface area contributed by atoms with Crippen LogP contribution >= 0.6 is 0 Å². The largest absolute Gasteiger partial charge is 0.496 e. The molecule has 10 heteroatoms. The second-order valence-corrected chi connectivity index (χ2v) is 8.83. The number of hydrogen-bond acceptors (Lipinski definition) is 6. The van der Waals surface area contributed by atoms with E-state index in [1.165, 1.54) is 19.2 Å². The Bertz CT molecular complexity index is 799. The summed E-state index contributed by atoms with van der Waals surface area (Å²) < 4.78 is 54.3. The Morgan fingerprint density at radius 3 is 2.59 bits per heavy atom. The van der Waals surface area contributed by atoms with Crippen molar-refractivity contribution in [3.63, 3.8) is 0 Å². The number of carboxylic acid groups (broad SMARTS) is 1. The highest BCUT2D eigenvalue weighted by molar-refractivity contribution is 7.92. The van der Waals surface area contributed by atoms with Crippen LogP contribution in [0, 0.1) is 0 Å². The molecule has 1 aromatic carbocycles. The van der Waals surface area contributed by atoms with Crippen molar-refractivity contribution in [2.45, 2.75) is 17.4 Å². The Hall–Kier alpha value is -1.65. The smallest absolute Gasteiger partial charge is 0.339 e. The van der Waals surface area contributed by atoms with Gasteiger partial charge in [0.2, 0.25) is 10.0 Å². The van der Waals surface area contributed by atoms with Gasteiger partial charge in [-0.3, -0.25) is 0 Å². The maximum Gasteiger partial charge on any atom is 0.339 e. The van der Waals surface area contributed by atoms with E-state index >= 15 is 0 Å². The molecule has 1 heterocycles. The third-order valence-electron chi connectivity index (χ3n) is 3.27. The van der Waals surface area contributed by atoms with E-state index in [2.05, 4.69) is 4.72 Å². The van der Waals surface area contributed by atoms with Crippen molar-refractivity contribution in [3.05, 3.63) is 23.8 Å². The lowest BCUT2D eigenvalue weighted by molar-refractivity contribution is 0.0693. The summed E-state index contributed by atoms with van der Waals surface area (Å²) in [5.41, 5.74) is -0.288. The van der Waals surface area contributed by atoms with Gasteiger partial charge in [0.05, 0.1) is 23.5 Å². The Balaban J connectivity index is 2.30. The predicted octanol–water partition coefficient (Wildman–Crippen LogP) is -0.141. The molecular formula is C12H15NO7S2. The third kappa shape index (κ3) is 3.57. The van der Waals surface area contributed by atoms with Crippen molar-refractivity contribution in [1.29, 1.82) is 0 Å². The van der Waals surface area contributed by atoms with Crippen molar-refractivity contribution >= 4 is 25.8 Å². The van der Waals surface area contributed by atoms with Gasteiger partial charge in [0.1, 0.15) is 11.3 Å². The van der Waals surface area contributed by atoms with Crippen molar-refractivity contribution < 1.29 is 31.5 Å². The molecule has 8 nitrogen and oxygen atoms in total. The number of aromatic carboxylic acids is 1. The second-order valence-electron chi connectivity index (χ2n) is 4.89. The number of carboxylic acids is 1. The van der Waals surface area contributed by atoms with E-state index in [-0.39, 0.29) is 34.1 Å². The number of rotatable bonds is 5. The Kier molecular flexibility index (Phi) is 4.45. The average Bonchev–Trinajstić information content (AvgIpc) is 2.76. The van der Waals surface area contributed by atoms with Gasteiger partial charge < -0.3 is 9.84 Å². The molecule has 0 radical (unpaired) electrons. The van der Waals surface area contributed by atoms with E-state index in [0.717, 1.165) is 6.07 Å². The van der Waals surface area contributed by atoms with Crippen molar-refractivity contribution in [2.24, 2.45) is 0 Å². The molecule has 0 amide bonds. The molecule has 22 heavy (non-hydrogen) atoms. The van der Waals surface area contributed by atoms with Gasteiger partial charge in [0.25, 0.3) is 0 Å². The molecule has 0 aliphatic carbocycles. The first-order chi connectivity index (χ1) is 10.1. The fourth-order valence-corrected chi connectivity index (χ4v) is 5.27. The summed E-state index contributed by atoms with van der Waals surface area (Å²) in [4.78, 5) is 10.9. The summed E-state index contributed by atoms with van der Waals surface area (Å²) in [6, 6.07) is 2.72. The van der Waals surface area contributed by atoms with Crippen LogP contribution in [0.1, 0.15) is 16.8 Å². The summed E-state index contributed by atoms with van der Waals surface area (Å²) in [5, 5.41) is 9.07. The molecule has 1 aliphatic rings. The summed E-state index contributed by atoms with van der Waals surface area (Å²) in [6.45, 7) is 0. The van der Waals surface area contributed by atoms with Gasteiger partial charge in [-0.05, 0) is 24.6 Å². The molecule has 1 fully saturated rings. The molecule has 0 aromatic heterocycles. The van der Waals surface area contributed by atoms with Crippen molar-refractivity contribution in [1.82, 2.24) is 4.72 Å². The summed E-state index contributed by atoms with van der Waals surface area (Å²) >= 11 is 0. The van der Waals surface area contributed by atoms with Crippen LogP contribution in [0.2, 0.25) is 0 Å². The lowest BCUT2D eigenvalue weighted by Gasteiger charge is -2.13. The number of benzene rings is 1.